The van der Waals surface area contributed by atoms with Crippen LogP contribution >= 0.6 is 11.6 Å². The summed E-state index contributed by atoms with van der Waals surface area (Å²) >= 11 is 5.86. The molecule has 1 N–H and O–H groups in total. The van der Waals surface area contributed by atoms with E-state index in [1.807, 2.05) is 6.07 Å². The van der Waals surface area contributed by atoms with E-state index in [0.717, 1.165) is 50.3 Å². The van der Waals surface area contributed by atoms with Crippen LogP contribution in [0.4, 0.5) is 10.3 Å². The average Bonchev–Trinajstić information content (AvgIpc) is 2.81. The molecule has 0 saturated carbocycles. The predicted octanol–water partition coefficient (Wildman–Crippen LogP) is 3.48. The first kappa shape index (κ1) is 24.8. The molecule has 2 aliphatic rings. The SMILES string of the molecule is O=C(Cc1ccc(COCCCC2CCN(c3ncc(Cl)cn3)CC2)cc1F)N1CC(CO)C1. The van der Waals surface area contributed by atoms with Crippen LogP contribution in [0.3, 0.4) is 0 Å². The lowest BCUT2D eigenvalue weighted by Crippen LogP contribution is -2.51. The Morgan fingerprint density at radius 1 is 1.18 bits per heavy atom. The van der Waals surface area contributed by atoms with Gasteiger partial charge in [0.1, 0.15) is 5.82 Å². The Hall–Kier alpha value is -2.29. The molecule has 0 aliphatic carbocycles. The number of hydrogen-bond donors (Lipinski definition) is 1. The number of aliphatic hydroxyl groups excluding tert-OH is 1. The standard InChI is InChI=1S/C25H32ClFN4O3/c26-22-12-28-25(29-13-22)30-7-5-18(6-8-30)2-1-9-34-17-19-3-4-21(23(27)10-19)11-24(33)31-14-20(15-31)16-32/h3-4,10,12-13,18,20,32H,1-2,5-9,11,14-17H2. The normalized spacial score (nSPS) is 17.1. The highest BCUT2D eigenvalue weighted by Crippen LogP contribution is 2.24. The summed E-state index contributed by atoms with van der Waals surface area (Å²) in [5.41, 5.74) is 1.17. The first-order chi connectivity index (χ1) is 16.5. The largest absolute Gasteiger partial charge is 0.396 e. The molecule has 2 aliphatic heterocycles. The monoisotopic (exact) mass is 490 g/mol. The van der Waals surface area contributed by atoms with Gasteiger partial charge in [0, 0.05) is 45.3 Å². The number of hydrogen-bond acceptors (Lipinski definition) is 6. The van der Waals surface area contributed by atoms with Crippen molar-refractivity contribution in [2.24, 2.45) is 11.8 Å². The summed E-state index contributed by atoms with van der Waals surface area (Å²) < 4.78 is 20.2. The van der Waals surface area contributed by atoms with E-state index in [2.05, 4.69) is 14.9 Å². The molecule has 184 valence electrons. The fourth-order valence-electron chi connectivity index (χ4n) is 4.54. The number of halogens is 2. The van der Waals surface area contributed by atoms with Gasteiger partial charge in [-0.2, -0.15) is 0 Å². The zero-order chi connectivity index (χ0) is 23.9. The molecule has 0 unspecified atom stereocenters. The number of anilines is 1. The highest BCUT2D eigenvalue weighted by molar-refractivity contribution is 6.30. The van der Waals surface area contributed by atoms with Crippen molar-refractivity contribution < 1.29 is 19.0 Å². The minimum Gasteiger partial charge on any atom is -0.396 e. The van der Waals surface area contributed by atoms with Crippen LogP contribution in [-0.4, -0.2) is 65.3 Å². The molecule has 2 fully saturated rings. The molecule has 2 saturated heterocycles. The molecule has 1 aromatic carbocycles. The third-order valence-electron chi connectivity index (χ3n) is 6.70. The smallest absolute Gasteiger partial charge is 0.227 e. The fraction of sp³-hybridized carbons (Fsp3) is 0.560. The van der Waals surface area contributed by atoms with E-state index < -0.39 is 0 Å². The minimum absolute atomic E-state index is 0.0497. The van der Waals surface area contributed by atoms with Crippen molar-refractivity contribution in [2.45, 2.75) is 38.7 Å². The van der Waals surface area contributed by atoms with Crippen LogP contribution in [-0.2, 0) is 22.6 Å². The van der Waals surface area contributed by atoms with E-state index in [-0.39, 0.29) is 30.7 Å². The maximum atomic E-state index is 14.4. The van der Waals surface area contributed by atoms with Gasteiger partial charge in [0.25, 0.3) is 0 Å². The van der Waals surface area contributed by atoms with Crippen LogP contribution in [0.5, 0.6) is 0 Å². The fourth-order valence-corrected chi connectivity index (χ4v) is 4.64. The van der Waals surface area contributed by atoms with Crippen LogP contribution in [0.15, 0.2) is 30.6 Å². The van der Waals surface area contributed by atoms with Crippen molar-refractivity contribution in [1.29, 1.82) is 0 Å². The maximum absolute atomic E-state index is 14.4. The van der Waals surface area contributed by atoms with Gasteiger partial charge in [0.2, 0.25) is 11.9 Å². The zero-order valence-electron chi connectivity index (χ0n) is 19.3. The Bertz CT molecular complexity index is 948. The van der Waals surface area contributed by atoms with Crippen molar-refractivity contribution in [3.8, 4) is 0 Å². The van der Waals surface area contributed by atoms with Gasteiger partial charge in [0.15, 0.2) is 0 Å². The number of aliphatic hydroxyl groups is 1. The maximum Gasteiger partial charge on any atom is 0.227 e. The summed E-state index contributed by atoms with van der Waals surface area (Å²) in [4.78, 5) is 24.7. The van der Waals surface area contributed by atoms with Gasteiger partial charge < -0.3 is 19.6 Å². The number of carbonyl (C=O) groups excluding carboxylic acids is 1. The van der Waals surface area contributed by atoms with Crippen LogP contribution in [0, 0.1) is 17.7 Å². The molecule has 1 aromatic heterocycles. The number of carbonyl (C=O) groups is 1. The van der Waals surface area contributed by atoms with Crippen molar-refractivity contribution in [3.63, 3.8) is 0 Å². The van der Waals surface area contributed by atoms with Gasteiger partial charge in [-0.1, -0.05) is 23.7 Å². The Balaban J connectivity index is 1.11. The van der Waals surface area contributed by atoms with Crippen LogP contribution < -0.4 is 4.90 Å². The molecule has 9 heteroatoms. The lowest BCUT2D eigenvalue weighted by atomic mass is 9.92. The minimum atomic E-state index is -0.370. The van der Waals surface area contributed by atoms with Gasteiger partial charge in [-0.05, 0) is 48.8 Å². The number of nitrogens with zero attached hydrogens (tertiary/aromatic N) is 4. The summed E-state index contributed by atoms with van der Waals surface area (Å²) in [5, 5.41) is 9.61. The highest BCUT2D eigenvalue weighted by atomic mass is 35.5. The third-order valence-corrected chi connectivity index (χ3v) is 6.90. The average molecular weight is 491 g/mol. The molecule has 4 rings (SSSR count). The molecule has 0 spiro atoms. The Labute approximate surface area is 204 Å². The molecule has 0 atom stereocenters. The van der Waals surface area contributed by atoms with Crippen LogP contribution in [0.1, 0.15) is 36.8 Å². The molecule has 3 heterocycles. The summed E-state index contributed by atoms with van der Waals surface area (Å²) in [7, 11) is 0. The summed E-state index contributed by atoms with van der Waals surface area (Å²) in [6.07, 6.45) is 7.61. The molecular formula is C25H32ClFN4O3. The molecule has 7 nitrogen and oxygen atoms in total. The predicted molar refractivity (Wildman–Crippen MR) is 128 cm³/mol. The number of piperidine rings is 1. The number of aromatic nitrogens is 2. The number of ether oxygens (including phenoxy) is 1. The van der Waals surface area contributed by atoms with E-state index in [0.29, 0.717) is 42.8 Å². The summed E-state index contributed by atoms with van der Waals surface area (Å²) in [6.45, 7) is 4.09. The molecule has 2 aromatic rings. The third kappa shape index (κ3) is 6.64. The summed E-state index contributed by atoms with van der Waals surface area (Å²) in [5.74, 6) is 1.10. The number of likely N-dealkylation sites (tertiary alicyclic amines) is 1. The number of benzene rings is 1. The van der Waals surface area contributed by atoms with Crippen molar-refractivity contribution in [1.82, 2.24) is 14.9 Å². The first-order valence-electron chi connectivity index (χ1n) is 12.0. The number of rotatable bonds is 10. The second kappa shape index (κ2) is 11.9. The van der Waals surface area contributed by atoms with E-state index in [1.165, 1.54) is 6.07 Å². The van der Waals surface area contributed by atoms with Gasteiger partial charge in [-0.15, -0.1) is 0 Å². The van der Waals surface area contributed by atoms with Crippen molar-refractivity contribution in [3.05, 3.63) is 52.6 Å². The van der Waals surface area contributed by atoms with Gasteiger partial charge >= 0.3 is 0 Å². The molecule has 0 radical (unpaired) electrons. The van der Waals surface area contributed by atoms with E-state index in [9.17, 15) is 9.18 Å². The van der Waals surface area contributed by atoms with Crippen molar-refractivity contribution >= 4 is 23.5 Å². The Morgan fingerprint density at radius 2 is 1.91 bits per heavy atom. The molecule has 0 bridgehead atoms. The van der Waals surface area contributed by atoms with E-state index in [1.54, 1.807) is 23.4 Å². The topological polar surface area (TPSA) is 78.8 Å². The number of amides is 1. The Kier molecular flexibility index (Phi) is 8.69. The molecule has 1 amide bonds. The van der Waals surface area contributed by atoms with Crippen LogP contribution in [0.25, 0.3) is 0 Å². The van der Waals surface area contributed by atoms with E-state index in [4.69, 9.17) is 21.4 Å². The first-order valence-corrected chi connectivity index (χ1v) is 12.4. The van der Waals surface area contributed by atoms with Gasteiger partial charge in [0.05, 0.1) is 30.4 Å². The van der Waals surface area contributed by atoms with Crippen molar-refractivity contribution in [2.75, 3.05) is 44.3 Å². The quantitative estimate of drug-likeness (QED) is 0.514. The van der Waals surface area contributed by atoms with Crippen LogP contribution in [0.2, 0.25) is 5.02 Å². The lowest BCUT2D eigenvalue weighted by Gasteiger charge is -2.38. The van der Waals surface area contributed by atoms with Gasteiger partial charge in [-0.25, -0.2) is 14.4 Å². The summed E-state index contributed by atoms with van der Waals surface area (Å²) in [6, 6.07) is 4.96. The molecule has 34 heavy (non-hydrogen) atoms. The second-order valence-electron chi connectivity index (χ2n) is 9.28. The zero-order valence-corrected chi connectivity index (χ0v) is 20.1. The lowest BCUT2D eigenvalue weighted by molar-refractivity contribution is -0.137. The second-order valence-corrected chi connectivity index (χ2v) is 9.71. The van der Waals surface area contributed by atoms with Gasteiger partial charge in [-0.3, -0.25) is 4.79 Å². The molecular weight excluding hydrogens is 459 g/mol. The Morgan fingerprint density at radius 3 is 2.59 bits per heavy atom. The highest BCUT2D eigenvalue weighted by Gasteiger charge is 2.30. The van der Waals surface area contributed by atoms with E-state index >= 15 is 0 Å².